The second kappa shape index (κ2) is 5.24. The molecule has 0 saturated heterocycles. The van der Waals surface area contributed by atoms with Crippen LogP contribution in [0.4, 0.5) is 17.1 Å². The average molecular weight is 237 g/mol. The molecular formula is C15H15N3. The lowest BCUT2D eigenvalue weighted by atomic mass is 10.2. The number of hydrogen-bond acceptors (Lipinski definition) is 3. The maximum Gasteiger partial charge on any atom is 0.0991 e. The van der Waals surface area contributed by atoms with E-state index in [1.165, 1.54) is 0 Å². The van der Waals surface area contributed by atoms with Crippen LogP contribution in [-0.2, 0) is 0 Å². The predicted molar refractivity (Wildman–Crippen MR) is 75.2 cm³/mol. The van der Waals surface area contributed by atoms with E-state index < -0.39 is 0 Å². The highest BCUT2D eigenvalue weighted by atomic mass is 15.1. The molecule has 0 atom stereocenters. The molecule has 0 amide bonds. The first-order chi connectivity index (χ1) is 8.74. The minimum Gasteiger partial charge on any atom is -0.388 e. The summed E-state index contributed by atoms with van der Waals surface area (Å²) in [6.07, 6.45) is 0. The summed E-state index contributed by atoms with van der Waals surface area (Å²) in [7, 11) is 3.91. The van der Waals surface area contributed by atoms with Gasteiger partial charge in [-0.25, -0.2) is 0 Å². The summed E-state index contributed by atoms with van der Waals surface area (Å²) >= 11 is 0. The molecule has 90 valence electrons. The molecule has 0 fully saturated rings. The van der Waals surface area contributed by atoms with Gasteiger partial charge in [-0.3, -0.25) is 0 Å². The van der Waals surface area contributed by atoms with Crippen molar-refractivity contribution in [2.24, 2.45) is 0 Å². The van der Waals surface area contributed by atoms with Crippen LogP contribution >= 0.6 is 0 Å². The first-order valence-electron chi connectivity index (χ1n) is 5.76. The fourth-order valence-electron chi connectivity index (χ4n) is 1.78. The molecule has 2 aromatic rings. The van der Waals surface area contributed by atoms with E-state index in [2.05, 4.69) is 28.4 Å². The van der Waals surface area contributed by atoms with Crippen molar-refractivity contribution in [2.45, 2.75) is 0 Å². The number of rotatable bonds is 3. The quantitative estimate of drug-likeness (QED) is 0.889. The van der Waals surface area contributed by atoms with Gasteiger partial charge in [0.15, 0.2) is 0 Å². The Morgan fingerprint density at radius 1 is 1.06 bits per heavy atom. The summed E-state index contributed by atoms with van der Waals surface area (Å²) < 4.78 is 0. The molecule has 2 rings (SSSR count). The van der Waals surface area contributed by atoms with Crippen LogP contribution in [0.15, 0.2) is 48.5 Å². The molecule has 3 nitrogen and oxygen atoms in total. The number of anilines is 3. The Morgan fingerprint density at radius 3 is 2.39 bits per heavy atom. The van der Waals surface area contributed by atoms with Crippen molar-refractivity contribution >= 4 is 17.1 Å². The fourth-order valence-corrected chi connectivity index (χ4v) is 1.78. The first-order valence-corrected chi connectivity index (χ1v) is 5.76. The van der Waals surface area contributed by atoms with Crippen molar-refractivity contribution in [3.05, 3.63) is 54.1 Å². The Balaban J connectivity index is 2.29. The maximum atomic E-state index is 8.78. The minimum absolute atomic E-state index is 0.677. The van der Waals surface area contributed by atoms with Gasteiger partial charge in [0.25, 0.3) is 0 Å². The molecule has 3 heteroatoms. The standard InChI is InChI=1S/C15H15N3/c1-17-13-4-3-5-15(10-13)18(2)14-8-6-12(11-16)7-9-14/h3-10,17H,1-2H3. The molecule has 0 bridgehead atoms. The van der Waals surface area contributed by atoms with E-state index in [9.17, 15) is 0 Å². The molecule has 0 saturated carbocycles. The van der Waals surface area contributed by atoms with Gasteiger partial charge < -0.3 is 10.2 Å². The predicted octanol–water partition coefficient (Wildman–Crippen LogP) is 3.37. The summed E-state index contributed by atoms with van der Waals surface area (Å²) in [6, 6.07) is 17.9. The van der Waals surface area contributed by atoms with Crippen molar-refractivity contribution in [3.63, 3.8) is 0 Å². The van der Waals surface area contributed by atoms with Crippen LogP contribution in [0.5, 0.6) is 0 Å². The molecule has 0 spiro atoms. The Kier molecular flexibility index (Phi) is 3.49. The van der Waals surface area contributed by atoms with E-state index in [0.717, 1.165) is 17.1 Å². The molecule has 0 aliphatic carbocycles. The van der Waals surface area contributed by atoms with Crippen LogP contribution in [0.25, 0.3) is 0 Å². The van der Waals surface area contributed by atoms with Crippen molar-refractivity contribution in [2.75, 3.05) is 24.3 Å². The molecule has 0 aliphatic heterocycles. The monoisotopic (exact) mass is 237 g/mol. The Bertz CT molecular complexity index is 567. The van der Waals surface area contributed by atoms with E-state index in [4.69, 9.17) is 5.26 Å². The van der Waals surface area contributed by atoms with Crippen molar-refractivity contribution < 1.29 is 0 Å². The molecular weight excluding hydrogens is 222 g/mol. The molecule has 0 aliphatic rings. The Labute approximate surface area is 107 Å². The van der Waals surface area contributed by atoms with Gasteiger partial charge in [0.1, 0.15) is 0 Å². The third-order valence-corrected chi connectivity index (χ3v) is 2.91. The van der Waals surface area contributed by atoms with Gasteiger partial charge in [-0.05, 0) is 42.5 Å². The zero-order chi connectivity index (χ0) is 13.0. The van der Waals surface area contributed by atoms with Gasteiger partial charge in [0.05, 0.1) is 11.6 Å². The number of nitrogens with zero attached hydrogens (tertiary/aromatic N) is 2. The highest BCUT2D eigenvalue weighted by Gasteiger charge is 2.04. The summed E-state index contributed by atoms with van der Waals surface area (Å²) in [5.74, 6) is 0. The van der Waals surface area contributed by atoms with E-state index >= 15 is 0 Å². The SMILES string of the molecule is CNc1cccc(N(C)c2ccc(C#N)cc2)c1. The lowest BCUT2D eigenvalue weighted by Gasteiger charge is -2.20. The van der Waals surface area contributed by atoms with Crippen molar-refractivity contribution in [1.29, 1.82) is 5.26 Å². The highest BCUT2D eigenvalue weighted by Crippen LogP contribution is 2.25. The fraction of sp³-hybridized carbons (Fsp3) is 0.133. The van der Waals surface area contributed by atoms with Gasteiger partial charge in [-0.1, -0.05) is 6.07 Å². The van der Waals surface area contributed by atoms with E-state index in [0.29, 0.717) is 5.56 Å². The number of nitrogens with one attached hydrogen (secondary N) is 1. The smallest absolute Gasteiger partial charge is 0.0991 e. The van der Waals surface area contributed by atoms with Crippen LogP contribution in [0.3, 0.4) is 0 Å². The zero-order valence-electron chi connectivity index (χ0n) is 10.5. The molecule has 0 heterocycles. The van der Waals surface area contributed by atoms with E-state index in [-0.39, 0.29) is 0 Å². The maximum absolute atomic E-state index is 8.78. The summed E-state index contributed by atoms with van der Waals surface area (Å²) in [5.41, 5.74) is 3.91. The van der Waals surface area contributed by atoms with Crippen LogP contribution in [0, 0.1) is 11.3 Å². The van der Waals surface area contributed by atoms with Gasteiger partial charge >= 0.3 is 0 Å². The zero-order valence-corrected chi connectivity index (χ0v) is 10.5. The summed E-state index contributed by atoms with van der Waals surface area (Å²) in [5, 5.41) is 11.9. The minimum atomic E-state index is 0.677. The van der Waals surface area contributed by atoms with Crippen LogP contribution < -0.4 is 10.2 Å². The van der Waals surface area contributed by atoms with Gasteiger partial charge in [-0.2, -0.15) is 5.26 Å². The van der Waals surface area contributed by atoms with E-state index in [1.54, 1.807) is 0 Å². The number of nitriles is 1. The summed E-state index contributed by atoms with van der Waals surface area (Å²) in [4.78, 5) is 2.09. The van der Waals surface area contributed by atoms with Crippen LogP contribution in [0.2, 0.25) is 0 Å². The molecule has 0 aromatic heterocycles. The van der Waals surface area contributed by atoms with Crippen molar-refractivity contribution in [3.8, 4) is 6.07 Å². The molecule has 0 radical (unpaired) electrons. The van der Waals surface area contributed by atoms with Crippen LogP contribution in [0.1, 0.15) is 5.56 Å². The third kappa shape index (κ3) is 2.44. The third-order valence-electron chi connectivity index (χ3n) is 2.91. The van der Waals surface area contributed by atoms with Gasteiger partial charge in [0.2, 0.25) is 0 Å². The number of hydrogen-bond donors (Lipinski definition) is 1. The molecule has 1 N–H and O–H groups in total. The van der Waals surface area contributed by atoms with Gasteiger partial charge in [-0.15, -0.1) is 0 Å². The lowest BCUT2D eigenvalue weighted by molar-refractivity contribution is 1.21. The normalized spacial score (nSPS) is 9.61. The average Bonchev–Trinajstić information content (AvgIpc) is 2.46. The lowest BCUT2D eigenvalue weighted by Crippen LogP contribution is -2.09. The number of benzene rings is 2. The Hall–Kier alpha value is -2.47. The largest absolute Gasteiger partial charge is 0.388 e. The van der Waals surface area contributed by atoms with E-state index in [1.807, 2.05) is 50.5 Å². The second-order valence-corrected chi connectivity index (χ2v) is 4.02. The second-order valence-electron chi connectivity index (χ2n) is 4.02. The summed E-state index contributed by atoms with van der Waals surface area (Å²) in [6.45, 7) is 0. The highest BCUT2D eigenvalue weighted by molar-refractivity contribution is 5.67. The molecule has 2 aromatic carbocycles. The van der Waals surface area contributed by atoms with Crippen LogP contribution in [-0.4, -0.2) is 14.1 Å². The van der Waals surface area contributed by atoms with Crippen molar-refractivity contribution in [1.82, 2.24) is 0 Å². The Morgan fingerprint density at radius 2 is 1.78 bits per heavy atom. The topological polar surface area (TPSA) is 39.1 Å². The van der Waals surface area contributed by atoms with Gasteiger partial charge in [0, 0.05) is 31.2 Å². The molecule has 0 unspecified atom stereocenters. The molecule has 18 heavy (non-hydrogen) atoms. The first kappa shape index (κ1) is 12.0.